The second kappa shape index (κ2) is 10.1. The van der Waals surface area contributed by atoms with Crippen LogP contribution in [0.5, 0.6) is 5.75 Å². The molecule has 34 heavy (non-hydrogen) atoms. The van der Waals surface area contributed by atoms with E-state index in [9.17, 15) is 18.0 Å². The smallest absolute Gasteiger partial charge is 0.406 e. The number of rotatable bonds is 8. The lowest BCUT2D eigenvalue weighted by atomic mass is 10.1. The van der Waals surface area contributed by atoms with E-state index in [1.165, 1.54) is 25.4 Å². The summed E-state index contributed by atoms with van der Waals surface area (Å²) in [5.74, 6) is -0.521. The van der Waals surface area contributed by atoms with Crippen molar-refractivity contribution in [2.45, 2.75) is 24.9 Å². The van der Waals surface area contributed by atoms with Crippen LogP contribution in [0.2, 0.25) is 0 Å². The summed E-state index contributed by atoms with van der Waals surface area (Å²) in [5.41, 5.74) is 0.188. The van der Waals surface area contributed by atoms with Crippen molar-refractivity contribution >= 4 is 33.5 Å². The van der Waals surface area contributed by atoms with Crippen LogP contribution in [0.1, 0.15) is 18.1 Å². The molecule has 1 aliphatic rings. The molecule has 0 spiro atoms. The number of carbonyl (C=O) groups is 1. The topological polar surface area (TPSA) is 127 Å². The molecule has 0 bridgehead atoms. The van der Waals surface area contributed by atoms with Gasteiger partial charge in [-0.3, -0.25) is 10.1 Å². The Morgan fingerprint density at radius 3 is 2.79 bits per heavy atom. The fourth-order valence-electron chi connectivity index (χ4n) is 3.39. The highest BCUT2D eigenvalue weighted by Crippen LogP contribution is 2.29. The first kappa shape index (κ1) is 23.6. The van der Waals surface area contributed by atoms with E-state index in [1.54, 1.807) is 6.20 Å². The summed E-state index contributed by atoms with van der Waals surface area (Å²) in [5, 5.41) is 22.4. The van der Waals surface area contributed by atoms with Crippen molar-refractivity contribution in [2.75, 3.05) is 35.7 Å². The van der Waals surface area contributed by atoms with E-state index in [4.69, 9.17) is 4.74 Å². The fourth-order valence-corrected chi connectivity index (χ4v) is 4.12. The molecule has 0 aliphatic carbocycles. The van der Waals surface area contributed by atoms with Crippen LogP contribution in [0.3, 0.4) is 0 Å². The molecular weight excluding hydrogens is 477 g/mol. The van der Waals surface area contributed by atoms with Gasteiger partial charge < -0.3 is 19.7 Å². The Bertz CT molecular complexity index is 1120. The molecule has 1 amide bonds. The molecule has 11 nitrogen and oxygen atoms in total. The second-order valence-electron chi connectivity index (χ2n) is 7.16. The lowest BCUT2D eigenvalue weighted by Crippen LogP contribution is -2.27. The van der Waals surface area contributed by atoms with Gasteiger partial charge in [0.25, 0.3) is 5.91 Å². The van der Waals surface area contributed by atoms with E-state index in [1.807, 2.05) is 4.90 Å². The maximum atomic E-state index is 12.7. The molecule has 15 heteroatoms. The number of nitrogens with zero attached hydrogens (tertiary/aromatic N) is 6. The summed E-state index contributed by atoms with van der Waals surface area (Å²) >= 11 is 1.12. The predicted molar refractivity (Wildman–Crippen MR) is 115 cm³/mol. The number of aromatic nitrogens is 5. The van der Waals surface area contributed by atoms with Crippen molar-refractivity contribution in [3.63, 3.8) is 0 Å². The summed E-state index contributed by atoms with van der Waals surface area (Å²) in [7, 11) is 1.27. The summed E-state index contributed by atoms with van der Waals surface area (Å²) in [6.07, 6.45) is -2.12. The van der Waals surface area contributed by atoms with Gasteiger partial charge in [0.05, 0.1) is 12.4 Å². The minimum Gasteiger partial charge on any atom is -0.406 e. The van der Waals surface area contributed by atoms with Gasteiger partial charge in [0.2, 0.25) is 16.2 Å². The van der Waals surface area contributed by atoms with Gasteiger partial charge >= 0.3 is 6.36 Å². The van der Waals surface area contributed by atoms with Crippen molar-refractivity contribution in [3.8, 4) is 5.75 Å². The van der Waals surface area contributed by atoms with E-state index in [0.29, 0.717) is 17.6 Å². The van der Waals surface area contributed by atoms with Crippen LogP contribution in [0, 0.1) is 0 Å². The SMILES string of the molecule is COC(C(=O)Nc1nnc(N[C@@H]2CCN(c3nccnn3)C2)s1)c1cccc(OC(F)(F)F)c1. The maximum Gasteiger partial charge on any atom is 0.573 e. The number of anilines is 3. The largest absolute Gasteiger partial charge is 0.573 e. The first-order valence-electron chi connectivity index (χ1n) is 9.99. The molecule has 2 N–H and O–H groups in total. The van der Waals surface area contributed by atoms with E-state index < -0.39 is 24.1 Å². The molecule has 3 aromatic rings. The zero-order valence-corrected chi connectivity index (χ0v) is 18.5. The number of ether oxygens (including phenoxy) is 2. The highest BCUT2D eigenvalue weighted by atomic mass is 32.1. The Morgan fingerprint density at radius 2 is 2.06 bits per heavy atom. The van der Waals surface area contributed by atoms with Gasteiger partial charge in [-0.1, -0.05) is 23.5 Å². The highest BCUT2D eigenvalue weighted by Gasteiger charge is 2.32. The van der Waals surface area contributed by atoms with Crippen LogP contribution >= 0.6 is 11.3 Å². The lowest BCUT2D eigenvalue weighted by molar-refractivity contribution is -0.274. The van der Waals surface area contributed by atoms with Gasteiger partial charge in [-0.25, -0.2) is 4.98 Å². The van der Waals surface area contributed by atoms with Crippen LogP contribution in [0.15, 0.2) is 36.7 Å². The van der Waals surface area contributed by atoms with Crippen molar-refractivity contribution in [3.05, 3.63) is 42.2 Å². The van der Waals surface area contributed by atoms with Crippen LogP contribution in [-0.2, 0) is 9.53 Å². The van der Waals surface area contributed by atoms with Crippen molar-refractivity contribution < 1.29 is 27.4 Å². The molecule has 4 rings (SSSR count). The number of methoxy groups -OCH3 is 1. The molecule has 0 saturated carbocycles. The third-order valence-corrected chi connectivity index (χ3v) is 5.56. The van der Waals surface area contributed by atoms with Crippen LogP contribution in [-0.4, -0.2) is 63.9 Å². The molecule has 1 saturated heterocycles. The number of halogens is 3. The fraction of sp³-hybridized carbons (Fsp3) is 0.368. The number of carbonyl (C=O) groups excluding carboxylic acids is 1. The first-order valence-corrected chi connectivity index (χ1v) is 10.8. The second-order valence-corrected chi connectivity index (χ2v) is 8.13. The summed E-state index contributed by atoms with van der Waals surface area (Å²) in [4.78, 5) is 18.9. The van der Waals surface area contributed by atoms with Crippen LogP contribution in [0.25, 0.3) is 0 Å². The predicted octanol–water partition coefficient (Wildman–Crippen LogP) is 2.64. The van der Waals surface area contributed by atoms with Gasteiger partial charge in [0.15, 0.2) is 6.10 Å². The maximum absolute atomic E-state index is 12.7. The Morgan fingerprint density at radius 1 is 1.24 bits per heavy atom. The quantitative estimate of drug-likeness (QED) is 0.480. The minimum atomic E-state index is -4.85. The normalized spacial score (nSPS) is 16.8. The van der Waals surface area contributed by atoms with Gasteiger partial charge in [-0.05, 0) is 24.1 Å². The van der Waals surface area contributed by atoms with Gasteiger partial charge in [0, 0.05) is 26.2 Å². The first-order chi connectivity index (χ1) is 16.3. The van der Waals surface area contributed by atoms with E-state index in [-0.39, 0.29) is 16.7 Å². The molecule has 1 unspecified atom stereocenters. The number of nitrogens with one attached hydrogen (secondary N) is 2. The Kier molecular flexibility index (Phi) is 7.02. The molecule has 1 fully saturated rings. The molecule has 2 atom stereocenters. The number of alkyl halides is 3. The summed E-state index contributed by atoms with van der Waals surface area (Å²) in [6, 6.07) is 5.09. The Balaban J connectivity index is 1.35. The zero-order valence-electron chi connectivity index (χ0n) is 17.7. The molecule has 180 valence electrons. The number of hydrogen-bond donors (Lipinski definition) is 2. The molecule has 1 aliphatic heterocycles. The van der Waals surface area contributed by atoms with Crippen LogP contribution in [0.4, 0.5) is 29.4 Å². The summed E-state index contributed by atoms with van der Waals surface area (Å²) < 4.78 is 46.6. The molecule has 0 radical (unpaired) electrons. The van der Waals surface area contributed by atoms with Gasteiger partial charge in [-0.2, -0.15) is 5.10 Å². The van der Waals surface area contributed by atoms with E-state index in [0.717, 1.165) is 36.4 Å². The monoisotopic (exact) mass is 496 g/mol. The lowest BCUT2D eigenvalue weighted by Gasteiger charge is -2.16. The number of amides is 1. The summed E-state index contributed by atoms with van der Waals surface area (Å²) in [6.45, 7) is 1.40. The third kappa shape index (κ3) is 6.05. The standard InChI is InChI=1S/C19H19F3N8O3S/c1-32-14(11-3-2-4-13(9-11)33-19(20,21)22)15(31)26-18-29-28-17(34-18)25-12-5-8-30(10-12)16-23-6-7-24-27-16/h2-4,6-7,9,12,14H,5,8,10H2,1H3,(H,25,28)(H,26,29,31)/t12-,14?/m1/s1. The Labute approximate surface area is 195 Å². The van der Waals surface area contributed by atoms with Gasteiger partial charge in [0.1, 0.15) is 5.75 Å². The molecule has 3 heterocycles. The van der Waals surface area contributed by atoms with Crippen molar-refractivity contribution in [2.24, 2.45) is 0 Å². The van der Waals surface area contributed by atoms with E-state index >= 15 is 0 Å². The van der Waals surface area contributed by atoms with Crippen molar-refractivity contribution in [1.29, 1.82) is 0 Å². The molecule has 2 aromatic heterocycles. The van der Waals surface area contributed by atoms with E-state index in [2.05, 4.69) is 40.7 Å². The van der Waals surface area contributed by atoms with Crippen molar-refractivity contribution in [1.82, 2.24) is 25.4 Å². The van der Waals surface area contributed by atoms with Crippen LogP contribution < -0.4 is 20.3 Å². The third-order valence-electron chi connectivity index (χ3n) is 4.79. The Hall–Kier alpha value is -3.59. The van der Waals surface area contributed by atoms with Gasteiger partial charge in [-0.15, -0.1) is 28.5 Å². The number of benzene rings is 1. The highest BCUT2D eigenvalue weighted by molar-refractivity contribution is 7.19. The molecular formula is C19H19F3N8O3S. The zero-order chi connectivity index (χ0) is 24.1. The minimum absolute atomic E-state index is 0.0726. The average Bonchev–Trinajstić information content (AvgIpc) is 3.44. The molecule has 1 aromatic carbocycles. The average molecular weight is 496 g/mol. The number of hydrogen-bond acceptors (Lipinski definition) is 11.